The minimum atomic E-state index is 0.209. The number of nitrogens with zero attached hydrogens (tertiary/aromatic N) is 2. The molecule has 0 spiro atoms. The van der Waals surface area contributed by atoms with Crippen LogP contribution in [-0.2, 0) is 4.74 Å². The van der Waals surface area contributed by atoms with E-state index in [4.69, 9.17) is 4.74 Å². The van der Waals surface area contributed by atoms with Gasteiger partial charge in [-0.15, -0.1) is 0 Å². The maximum Gasteiger partial charge on any atom is 0.0753 e. The van der Waals surface area contributed by atoms with Crippen molar-refractivity contribution in [2.45, 2.75) is 38.8 Å². The van der Waals surface area contributed by atoms with Gasteiger partial charge in [0, 0.05) is 37.8 Å². The SMILES string of the molecule is CCCC(COC)NC(C)c1cnccn1. The molecule has 16 heavy (non-hydrogen) atoms. The number of hydrogen-bond acceptors (Lipinski definition) is 4. The molecule has 0 radical (unpaired) electrons. The van der Waals surface area contributed by atoms with Gasteiger partial charge in [0.25, 0.3) is 0 Å². The molecule has 0 aromatic carbocycles. The van der Waals surface area contributed by atoms with Crippen LogP contribution in [0.5, 0.6) is 0 Å². The van der Waals surface area contributed by atoms with Crippen LogP contribution in [-0.4, -0.2) is 29.7 Å². The average Bonchev–Trinajstić information content (AvgIpc) is 2.31. The first kappa shape index (κ1) is 13.1. The van der Waals surface area contributed by atoms with E-state index in [2.05, 4.69) is 29.1 Å². The van der Waals surface area contributed by atoms with E-state index in [1.807, 2.05) is 0 Å². The molecule has 0 saturated carbocycles. The van der Waals surface area contributed by atoms with Crippen molar-refractivity contribution < 1.29 is 4.74 Å². The summed E-state index contributed by atoms with van der Waals surface area (Å²) < 4.78 is 5.19. The van der Waals surface area contributed by atoms with Gasteiger partial charge in [-0.2, -0.15) is 0 Å². The molecule has 0 aliphatic heterocycles. The van der Waals surface area contributed by atoms with E-state index in [0.29, 0.717) is 6.04 Å². The Labute approximate surface area is 97.5 Å². The van der Waals surface area contributed by atoms with Crippen molar-refractivity contribution in [2.24, 2.45) is 0 Å². The van der Waals surface area contributed by atoms with Crippen molar-refractivity contribution in [2.75, 3.05) is 13.7 Å². The zero-order valence-electron chi connectivity index (χ0n) is 10.3. The van der Waals surface area contributed by atoms with Crippen molar-refractivity contribution in [3.63, 3.8) is 0 Å². The van der Waals surface area contributed by atoms with E-state index in [1.54, 1.807) is 25.7 Å². The number of aromatic nitrogens is 2. The fourth-order valence-electron chi connectivity index (χ4n) is 1.74. The molecule has 0 fully saturated rings. The highest BCUT2D eigenvalue weighted by Gasteiger charge is 2.13. The molecule has 1 heterocycles. The Balaban J connectivity index is 2.50. The number of methoxy groups -OCH3 is 1. The number of ether oxygens (including phenoxy) is 1. The summed E-state index contributed by atoms with van der Waals surface area (Å²) in [6.07, 6.45) is 7.47. The summed E-state index contributed by atoms with van der Waals surface area (Å²) in [4.78, 5) is 8.36. The monoisotopic (exact) mass is 223 g/mol. The lowest BCUT2D eigenvalue weighted by molar-refractivity contribution is 0.156. The van der Waals surface area contributed by atoms with Crippen molar-refractivity contribution in [3.8, 4) is 0 Å². The summed E-state index contributed by atoms with van der Waals surface area (Å²) in [5.74, 6) is 0. The molecule has 0 saturated heterocycles. The van der Waals surface area contributed by atoms with E-state index in [9.17, 15) is 0 Å². The third-order valence-electron chi connectivity index (χ3n) is 2.52. The lowest BCUT2D eigenvalue weighted by atomic mass is 10.1. The summed E-state index contributed by atoms with van der Waals surface area (Å²) in [7, 11) is 1.73. The van der Waals surface area contributed by atoms with Crippen LogP contribution in [0.4, 0.5) is 0 Å². The van der Waals surface area contributed by atoms with Crippen LogP contribution < -0.4 is 5.32 Å². The lowest BCUT2D eigenvalue weighted by Crippen LogP contribution is -2.35. The van der Waals surface area contributed by atoms with Gasteiger partial charge < -0.3 is 10.1 Å². The second kappa shape index (κ2) is 7.30. The standard InChI is InChI=1S/C12H21N3O/c1-4-5-11(9-16-3)15-10(2)12-8-13-6-7-14-12/h6-8,10-11,15H,4-5,9H2,1-3H3. The normalized spacial score (nSPS) is 14.7. The Morgan fingerprint density at radius 3 is 2.81 bits per heavy atom. The van der Waals surface area contributed by atoms with Crippen LogP contribution in [0.3, 0.4) is 0 Å². The second-order valence-corrected chi connectivity index (χ2v) is 3.96. The van der Waals surface area contributed by atoms with Crippen LogP contribution in [0.15, 0.2) is 18.6 Å². The Hall–Kier alpha value is -1.00. The van der Waals surface area contributed by atoms with Gasteiger partial charge in [0.05, 0.1) is 12.3 Å². The van der Waals surface area contributed by atoms with E-state index >= 15 is 0 Å². The molecule has 0 aliphatic rings. The second-order valence-electron chi connectivity index (χ2n) is 3.96. The molecule has 0 aliphatic carbocycles. The maximum absolute atomic E-state index is 5.19. The van der Waals surface area contributed by atoms with Gasteiger partial charge in [0.2, 0.25) is 0 Å². The first-order chi connectivity index (χ1) is 7.77. The minimum absolute atomic E-state index is 0.209. The summed E-state index contributed by atoms with van der Waals surface area (Å²) in [5, 5.41) is 3.51. The molecule has 90 valence electrons. The minimum Gasteiger partial charge on any atom is -0.383 e. The van der Waals surface area contributed by atoms with Crippen LogP contribution in [0.1, 0.15) is 38.4 Å². The zero-order chi connectivity index (χ0) is 11.8. The Kier molecular flexibility index (Phi) is 5.96. The molecule has 1 rings (SSSR count). The fourth-order valence-corrected chi connectivity index (χ4v) is 1.74. The Morgan fingerprint density at radius 2 is 2.25 bits per heavy atom. The van der Waals surface area contributed by atoms with Crippen molar-refractivity contribution in [3.05, 3.63) is 24.3 Å². The zero-order valence-corrected chi connectivity index (χ0v) is 10.3. The average molecular weight is 223 g/mol. The molecule has 4 heteroatoms. The molecular weight excluding hydrogens is 202 g/mol. The molecule has 4 nitrogen and oxygen atoms in total. The molecule has 2 atom stereocenters. The molecule has 2 unspecified atom stereocenters. The Morgan fingerprint density at radius 1 is 1.44 bits per heavy atom. The van der Waals surface area contributed by atoms with Crippen LogP contribution in [0.25, 0.3) is 0 Å². The van der Waals surface area contributed by atoms with E-state index < -0.39 is 0 Å². The first-order valence-corrected chi connectivity index (χ1v) is 5.78. The maximum atomic E-state index is 5.19. The van der Waals surface area contributed by atoms with Crippen LogP contribution >= 0.6 is 0 Å². The van der Waals surface area contributed by atoms with Gasteiger partial charge in [-0.3, -0.25) is 9.97 Å². The molecular formula is C12H21N3O. The van der Waals surface area contributed by atoms with Gasteiger partial charge in [0.1, 0.15) is 0 Å². The highest BCUT2D eigenvalue weighted by atomic mass is 16.5. The molecule has 1 aromatic rings. The highest BCUT2D eigenvalue weighted by molar-refractivity contribution is 5.01. The third kappa shape index (κ3) is 4.24. The van der Waals surface area contributed by atoms with Crippen molar-refractivity contribution in [1.29, 1.82) is 0 Å². The third-order valence-corrected chi connectivity index (χ3v) is 2.52. The van der Waals surface area contributed by atoms with Crippen molar-refractivity contribution >= 4 is 0 Å². The van der Waals surface area contributed by atoms with Crippen LogP contribution in [0, 0.1) is 0 Å². The van der Waals surface area contributed by atoms with Gasteiger partial charge >= 0.3 is 0 Å². The predicted molar refractivity (Wildman–Crippen MR) is 64.2 cm³/mol. The molecule has 1 N–H and O–H groups in total. The topological polar surface area (TPSA) is 47.0 Å². The van der Waals surface area contributed by atoms with Gasteiger partial charge in [-0.1, -0.05) is 13.3 Å². The summed E-state index contributed by atoms with van der Waals surface area (Å²) in [6.45, 7) is 5.01. The Bertz CT molecular complexity index is 273. The van der Waals surface area contributed by atoms with Crippen molar-refractivity contribution in [1.82, 2.24) is 15.3 Å². The van der Waals surface area contributed by atoms with Gasteiger partial charge in [0.15, 0.2) is 0 Å². The number of rotatable bonds is 7. The smallest absolute Gasteiger partial charge is 0.0753 e. The summed E-state index contributed by atoms with van der Waals surface area (Å²) in [5.41, 5.74) is 0.972. The summed E-state index contributed by atoms with van der Waals surface area (Å²) in [6, 6.07) is 0.590. The van der Waals surface area contributed by atoms with Gasteiger partial charge in [-0.05, 0) is 13.3 Å². The first-order valence-electron chi connectivity index (χ1n) is 5.78. The number of hydrogen-bond donors (Lipinski definition) is 1. The molecule has 0 amide bonds. The lowest BCUT2D eigenvalue weighted by Gasteiger charge is -2.21. The highest BCUT2D eigenvalue weighted by Crippen LogP contribution is 2.10. The van der Waals surface area contributed by atoms with E-state index in [-0.39, 0.29) is 6.04 Å². The largest absolute Gasteiger partial charge is 0.383 e. The van der Waals surface area contributed by atoms with Gasteiger partial charge in [-0.25, -0.2) is 0 Å². The van der Waals surface area contributed by atoms with E-state index in [1.165, 1.54) is 0 Å². The molecule has 1 aromatic heterocycles. The summed E-state index contributed by atoms with van der Waals surface area (Å²) >= 11 is 0. The quantitative estimate of drug-likeness (QED) is 0.767. The number of nitrogens with one attached hydrogen (secondary N) is 1. The predicted octanol–water partition coefficient (Wildman–Crippen LogP) is 1.94. The molecule has 0 bridgehead atoms. The van der Waals surface area contributed by atoms with E-state index in [0.717, 1.165) is 25.1 Å². The van der Waals surface area contributed by atoms with Crippen LogP contribution in [0.2, 0.25) is 0 Å². The fraction of sp³-hybridized carbons (Fsp3) is 0.667.